The number of aromatic nitrogens is 3. The Bertz CT molecular complexity index is 2720. The molecule has 1 spiro atoms. The molecule has 0 amide bonds. The van der Waals surface area contributed by atoms with Crippen molar-refractivity contribution in [2.45, 2.75) is 5.41 Å². The average Bonchev–Trinajstić information content (AvgIpc) is 3.80. The fraction of sp³-hybridized carbons (Fsp3) is 0.0227. The molecule has 3 aliphatic rings. The van der Waals surface area contributed by atoms with E-state index in [0.29, 0.717) is 35.0 Å². The standard InChI is InChI=1S/C44H25N3O2S/c1-3-13-26(14-4-1)41-45-42(27-15-5-2-6-16-27)47-43(46-41)28-23-24-30-29-17-7-9-19-32(29)44(33(30)25-28)39-38(48-34-20-10-11-21-35(34)49-39)37-31-18-8-12-22-36(31)50-40(37)44/h1-25H/i7D. The topological polar surface area (TPSA) is 57.1 Å². The van der Waals surface area contributed by atoms with E-state index in [1.54, 1.807) is 11.3 Å². The second-order valence-corrected chi connectivity index (χ2v) is 13.7. The van der Waals surface area contributed by atoms with Crippen LogP contribution >= 0.6 is 11.3 Å². The van der Waals surface area contributed by atoms with Crippen LogP contribution in [-0.4, -0.2) is 15.0 Å². The third-order valence-corrected chi connectivity index (χ3v) is 11.2. The molecule has 5 nitrogen and oxygen atoms in total. The molecule has 6 aromatic carbocycles. The van der Waals surface area contributed by atoms with Crippen molar-refractivity contribution >= 4 is 27.2 Å². The quantitative estimate of drug-likeness (QED) is 0.189. The summed E-state index contributed by atoms with van der Waals surface area (Å²) in [4.78, 5) is 16.2. The lowest BCUT2D eigenvalue weighted by Crippen LogP contribution is -2.30. The SMILES string of the molecule is [2H]c1ccc2c(c1)-c1ccc(-c3nc(-c4ccccc4)nc(-c4ccccc4)n3)cc1C21C2=C(Oc3ccccc3O2)c2c1sc1ccccc21. The summed E-state index contributed by atoms with van der Waals surface area (Å²) >= 11 is 1.77. The van der Waals surface area contributed by atoms with Gasteiger partial charge in [0.25, 0.3) is 0 Å². The van der Waals surface area contributed by atoms with Crippen LogP contribution in [0.15, 0.2) is 157 Å². The Morgan fingerprint density at radius 3 is 1.90 bits per heavy atom. The van der Waals surface area contributed by atoms with E-state index < -0.39 is 5.41 Å². The van der Waals surface area contributed by atoms with Crippen molar-refractivity contribution in [3.05, 3.63) is 179 Å². The maximum atomic E-state index is 8.67. The number of fused-ring (bicyclic) bond motifs is 12. The normalized spacial score (nSPS) is 16.6. The summed E-state index contributed by atoms with van der Waals surface area (Å²) in [7, 11) is 0. The van der Waals surface area contributed by atoms with Crippen LogP contribution in [0.4, 0.5) is 0 Å². The molecule has 0 N–H and O–H groups in total. The van der Waals surface area contributed by atoms with Crippen molar-refractivity contribution in [3.63, 3.8) is 0 Å². The van der Waals surface area contributed by atoms with Crippen molar-refractivity contribution in [2.24, 2.45) is 0 Å². The van der Waals surface area contributed by atoms with Crippen LogP contribution in [0, 0.1) is 0 Å². The number of nitrogens with zero attached hydrogens (tertiary/aromatic N) is 3. The smallest absolute Gasteiger partial charge is 0.176 e. The van der Waals surface area contributed by atoms with Crippen molar-refractivity contribution in [3.8, 4) is 56.8 Å². The first-order chi connectivity index (χ1) is 25.2. The van der Waals surface area contributed by atoms with Gasteiger partial charge >= 0.3 is 0 Å². The van der Waals surface area contributed by atoms with Gasteiger partial charge in [0, 0.05) is 37.2 Å². The number of rotatable bonds is 3. The van der Waals surface area contributed by atoms with Gasteiger partial charge in [-0.15, -0.1) is 11.3 Å². The van der Waals surface area contributed by atoms with Crippen LogP contribution in [0.2, 0.25) is 0 Å². The van der Waals surface area contributed by atoms with Crippen molar-refractivity contribution < 1.29 is 10.8 Å². The predicted octanol–water partition coefficient (Wildman–Crippen LogP) is 10.6. The fourth-order valence-corrected chi connectivity index (χ4v) is 9.18. The highest BCUT2D eigenvalue weighted by atomic mass is 32.1. The molecule has 2 aliphatic carbocycles. The van der Waals surface area contributed by atoms with Gasteiger partial charge in [0.2, 0.25) is 0 Å². The Labute approximate surface area is 293 Å². The van der Waals surface area contributed by atoms with Crippen LogP contribution in [0.3, 0.4) is 0 Å². The van der Waals surface area contributed by atoms with E-state index in [4.69, 9.17) is 25.8 Å². The van der Waals surface area contributed by atoms with Crippen molar-refractivity contribution in [1.82, 2.24) is 15.0 Å². The molecular formula is C44H25N3O2S. The van der Waals surface area contributed by atoms with E-state index in [-0.39, 0.29) is 0 Å². The zero-order valence-corrected chi connectivity index (χ0v) is 27.2. The van der Waals surface area contributed by atoms with Gasteiger partial charge in [-0.2, -0.15) is 0 Å². The Morgan fingerprint density at radius 1 is 0.540 bits per heavy atom. The zero-order valence-electron chi connectivity index (χ0n) is 27.4. The minimum absolute atomic E-state index is 0.452. The van der Waals surface area contributed by atoms with Crippen LogP contribution in [0.5, 0.6) is 11.5 Å². The van der Waals surface area contributed by atoms with Gasteiger partial charge in [0.05, 0.1) is 1.37 Å². The van der Waals surface area contributed by atoms with Crippen LogP contribution in [-0.2, 0) is 5.41 Å². The summed E-state index contributed by atoms with van der Waals surface area (Å²) in [6.07, 6.45) is 0. The summed E-state index contributed by atoms with van der Waals surface area (Å²) in [5, 5.41) is 1.13. The molecule has 0 saturated carbocycles. The largest absolute Gasteiger partial charge is 0.452 e. The van der Waals surface area contributed by atoms with Crippen molar-refractivity contribution in [1.29, 1.82) is 0 Å². The average molecular weight is 661 g/mol. The summed E-state index contributed by atoms with van der Waals surface area (Å²) in [5.74, 6) is 4.64. The van der Waals surface area contributed by atoms with Gasteiger partial charge in [-0.25, -0.2) is 15.0 Å². The molecule has 0 fully saturated rings. The second kappa shape index (κ2) is 10.3. The lowest BCUT2D eigenvalue weighted by atomic mass is 9.76. The van der Waals surface area contributed by atoms with Crippen molar-refractivity contribution in [2.75, 3.05) is 0 Å². The number of ether oxygens (including phenoxy) is 2. The lowest BCUT2D eigenvalue weighted by molar-refractivity contribution is 0.317. The molecular weight excluding hydrogens is 635 g/mol. The summed E-state index contributed by atoms with van der Waals surface area (Å²) in [5.41, 5.74) is 7.08. The molecule has 3 heterocycles. The molecule has 0 radical (unpaired) electrons. The van der Waals surface area contributed by atoms with Gasteiger partial charge in [-0.3, -0.25) is 0 Å². The Hall–Kier alpha value is -6.37. The molecule has 50 heavy (non-hydrogen) atoms. The first kappa shape index (κ1) is 26.6. The van der Waals surface area contributed by atoms with E-state index in [1.807, 2.05) is 97.1 Å². The first-order valence-electron chi connectivity index (χ1n) is 17.0. The van der Waals surface area contributed by atoms with Crippen LogP contribution < -0.4 is 9.47 Å². The Balaban J connectivity index is 1.20. The molecule has 234 valence electrons. The van der Waals surface area contributed by atoms with Gasteiger partial charge in [-0.05, 0) is 46.5 Å². The van der Waals surface area contributed by atoms with Gasteiger partial charge in [-0.1, -0.05) is 127 Å². The lowest BCUT2D eigenvalue weighted by Gasteiger charge is -2.32. The molecule has 1 atom stereocenters. The van der Waals surface area contributed by atoms with E-state index >= 15 is 0 Å². The van der Waals surface area contributed by atoms with Crippen LogP contribution in [0.25, 0.3) is 61.1 Å². The van der Waals surface area contributed by atoms with Crippen LogP contribution in [0.1, 0.15) is 22.9 Å². The molecule has 6 heteroatoms. The maximum Gasteiger partial charge on any atom is 0.176 e. The molecule has 11 rings (SSSR count). The van der Waals surface area contributed by atoms with E-state index in [0.717, 1.165) is 66.3 Å². The highest BCUT2D eigenvalue weighted by Crippen LogP contribution is 2.66. The highest BCUT2D eigenvalue weighted by Gasteiger charge is 2.58. The van der Waals surface area contributed by atoms with Gasteiger partial charge < -0.3 is 9.47 Å². The van der Waals surface area contributed by atoms with E-state index in [1.165, 1.54) is 4.70 Å². The molecule has 8 aromatic rings. The molecule has 2 aromatic heterocycles. The van der Waals surface area contributed by atoms with E-state index in [2.05, 4.69) is 48.5 Å². The molecule has 1 unspecified atom stereocenters. The zero-order chi connectivity index (χ0) is 33.7. The molecule has 0 saturated heterocycles. The number of hydrogen-bond acceptors (Lipinski definition) is 6. The third kappa shape index (κ3) is 3.74. The summed E-state index contributed by atoms with van der Waals surface area (Å²) in [6.45, 7) is 0. The predicted molar refractivity (Wildman–Crippen MR) is 198 cm³/mol. The number of para-hydroxylation sites is 2. The number of benzene rings is 6. The highest BCUT2D eigenvalue weighted by molar-refractivity contribution is 7.19. The monoisotopic (exact) mass is 660 g/mol. The summed E-state index contributed by atoms with van der Waals surface area (Å²) in [6, 6.07) is 49.2. The minimum Gasteiger partial charge on any atom is -0.452 e. The number of thiophene rings is 1. The fourth-order valence-electron chi connectivity index (χ4n) is 7.76. The Morgan fingerprint density at radius 2 is 1.16 bits per heavy atom. The minimum atomic E-state index is -0.826. The molecule has 0 bridgehead atoms. The van der Waals surface area contributed by atoms with Gasteiger partial charge in [0.15, 0.2) is 40.5 Å². The second-order valence-electron chi connectivity index (χ2n) is 12.6. The summed E-state index contributed by atoms with van der Waals surface area (Å²) < 4.78 is 23.7. The third-order valence-electron chi connectivity index (χ3n) is 9.92. The first-order valence-corrected chi connectivity index (χ1v) is 17.3. The Kier molecular flexibility index (Phi) is 5.48. The van der Waals surface area contributed by atoms with E-state index in [9.17, 15) is 0 Å². The molecule has 1 aliphatic heterocycles. The number of hydrogen-bond donors (Lipinski definition) is 0. The van der Waals surface area contributed by atoms with Gasteiger partial charge in [0.1, 0.15) is 5.41 Å². The maximum absolute atomic E-state index is 8.67. The number of allylic oxidation sites excluding steroid dienone is 1.